The third kappa shape index (κ3) is 3.47. The summed E-state index contributed by atoms with van der Waals surface area (Å²) in [7, 11) is 0. The molecule has 0 aromatic rings. The van der Waals surface area contributed by atoms with Crippen LogP contribution < -0.4 is 5.32 Å². The van der Waals surface area contributed by atoms with Crippen molar-refractivity contribution in [1.29, 1.82) is 0 Å². The SMILES string of the molecule is CCC=C(C)C(=O)OC1CNCCO1. The van der Waals surface area contributed by atoms with Crippen molar-refractivity contribution in [2.75, 3.05) is 19.7 Å². The van der Waals surface area contributed by atoms with Crippen molar-refractivity contribution in [1.82, 2.24) is 5.32 Å². The number of morpholine rings is 1. The highest BCUT2D eigenvalue weighted by Gasteiger charge is 2.18. The molecule has 0 amide bonds. The van der Waals surface area contributed by atoms with E-state index in [4.69, 9.17) is 9.47 Å². The standard InChI is InChI=1S/C10H17NO3/c1-3-4-8(2)10(12)14-9-7-11-5-6-13-9/h4,9,11H,3,5-7H2,1-2H3. The van der Waals surface area contributed by atoms with Crippen LogP contribution in [0.25, 0.3) is 0 Å². The molecule has 4 heteroatoms. The van der Waals surface area contributed by atoms with Crippen molar-refractivity contribution in [3.8, 4) is 0 Å². The molecule has 0 aromatic heterocycles. The topological polar surface area (TPSA) is 47.6 Å². The van der Waals surface area contributed by atoms with E-state index < -0.39 is 6.29 Å². The Hall–Kier alpha value is -0.870. The molecule has 1 aliphatic rings. The summed E-state index contributed by atoms with van der Waals surface area (Å²) < 4.78 is 10.4. The summed E-state index contributed by atoms with van der Waals surface area (Å²) in [5.41, 5.74) is 0.640. The van der Waals surface area contributed by atoms with Crippen molar-refractivity contribution in [2.45, 2.75) is 26.6 Å². The second-order valence-corrected chi connectivity index (χ2v) is 3.21. The first-order valence-electron chi connectivity index (χ1n) is 4.94. The molecule has 1 heterocycles. The summed E-state index contributed by atoms with van der Waals surface area (Å²) in [5.74, 6) is -0.291. The zero-order chi connectivity index (χ0) is 10.4. The van der Waals surface area contributed by atoms with Gasteiger partial charge in [-0.2, -0.15) is 0 Å². The Morgan fingerprint density at radius 1 is 1.71 bits per heavy atom. The van der Waals surface area contributed by atoms with Crippen LogP contribution in [0.4, 0.5) is 0 Å². The lowest BCUT2D eigenvalue weighted by molar-refractivity contribution is -0.178. The van der Waals surface area contributed by atoms with E-state index in [1.165, 1.54) is 0 Å². The molecule has 0 bridgehead atoms. The Morgan fingerprint density at radius 3 is 3.07 bits per heavy atom. The second kappa shape index (κ2) is 5.78. The maximum Gasteiger partial charge on any atom is 0.335 e. The van der Waals surface area contributed by atoms with Gasteiger partial charge in [-0.3, -0.25) is 0 Å². The van der Waals surface area contributed by atoms with E-state index in [1.54, 1.807) is 6.92 Å². The van der Waals surface area contributed by atoms with Crippen LogP contribution >= 0.6 is 0 Å². The Kier molecular flexibility index (Phi) is 4.62. The first-order valence-corrected chi connectivity index (χ1v) is 4.94. The zero-order valence-electron chi connectivity index (χ0n) is 8.71. The normalized spacial score (nSPS) is 23.3. The van der Waals surface area contributed by atoms with Crippen molar-refractivity contribution < 1.29 is 14.3 Å². The number of allylic oxidation sites excluding steroid dienone is 1. The van der Waals surface area contributed by atoms with Crippen LogP contribution in [0.15, 0.2) is 11.6 Å². The van der Waals surface area contributed by atoms with Crippen LogP contribution in [0.5, 0.6) is 0 Å². The van der Waals surface area contributed by atoms with Gasteiger partial charge in [0.25, 0.3) is 0 Å². The quantitative estimate of drug-likeness (QED) is 0.540. The fourth-order valence-electron chi connectivity index (χ4n) is 1.22. The predicted molar refractivity (Wildman–Crippen MR) is 52.7 cm³/mol. The summed E-state index contributed by atoms with van der Waals surface area (Å²) in [6, 6.07) is 0. The number of carbonyl (C=O) groups excluding carboxylic acids is 1. The number of rotatable bonds is 3. The zero-order valence-corrected chi connectivity index (χ0v) is 8.71. The Balaban J connectivity index is 2.35. The van der Waals surface area contributed by atoms with Gasteiger partial charge in [-0.15, -0.1) is 0 Å². The monoisotopic (exact) mass is 199 g/mol. The first kappa shape index (κ1) is 11.2. The Bertz CT molecular complexity index is 219. The Morgan fingerprint density at radius 2 is 2.50 bits per heavy atom. The van der Waals surface area contributed by atoms with Gasteiger partial charge in [-0.1, -0.05) is 13.0 Å². The molecular weight excluding hydrogens is 182 g/mol. The third-order valence-electron chi connectivity index (χ3n) is 1.96. The molecule has 0 spiro atoms. The molecule has 0 aromatic carbocycles. The number of carbonyl (C=O) groups is 1. The molecular formula is C10H17NO3. The fraction of sp³-hybridized carbons (Fsp3) is 0.700. The smallest absolute Gasteiger partial charge is 0.335 e. The molecule has 1 unspecified atom stereocenters. The van der Waals surface area contributed by atoms with Gasteiger partial charge in [-0.25, -0.2) is 4.79 Å². The second-order valence-electron chi connectivity index (χ2n) is 3.21. The summed E-state index contributed by atoms with van der Waals surface area (Å²) in [4.78, 5) is 11.4. The van der Waals surface area contributed by atoms with Crippen molar-refractivity contribution in [3.63, 3.8) is 0 Å². The summed E-state index contributed by atoms with van der Waals surface area (Å²) >= 11 is 0. The summed E-state index contributed by atoms with van der Waals surface area (Å²) in [6.45, 7) is 5.72. The number of hydrogen-bond acceptors (Lipinski definition) is 4. The van der Waals surface area contributed by atoms with Gasteiger partial charge in [0.2, 0.25) is 6.29 Å². The van der Waals surface area contributed by atoms with Crippen molar-refractivity contribution in [2.24, 2.45) is 0 Å². The van der Waals surface area contributed by atoms with E-state index >= 15 is 0 Å². The summed E-state index contributed by atoms with van der Waals surface area (Å²) in [6.07, 6.45) is 2.25. The fourth-order valence-corrected chi connectivity index (χ4v) is 1.22. The lowest BCUT2D eigenvalue weighted by atomic mass is 10.2. The average molecular weight is 199 g/mol. The van der Waals surface area contributed by atoms with Gasteiger partial charge in [0.15, 0.2) is 0 Å². The lowest BCUT2D eigenvalue weighted by Gasteiger charge is -2.23. The van der Waals surface area contributed by atoms with E-state index in [-0.39, 0.29) is 5.97 Å². The highest BCUT2D eigenvalue weighted by molar-refractivity contribution is 5.87. The molecule has 1 fully saturated rings. The molecule has 1 N–H and O–H groups in total. The van der Waals surface area contributed by atoms with E-state index in [2.05, 4.69) is 5.32 Å². The molecule has 0 saturated carbocycles. The Labute approximate surface area is 84.3 Å². The molecule has 1 rings (SSSR count). The molecule has 14 heavy (non-hydrogen) atoms. The molecule has 1 aliphatic heterocycles. The van der Waals surface area contributed by atoms with Gasteiger partial charge in [0.05, 0.1) is 13.2 Å². The lowest BCUT2D eigenvalue weighted by Crippen LogP contribution is -2.41. The van der Waals surface area contributed by atoms with Gasteiger partial charge >= 0.3 is 5.97 Å². The average Bonchev–Trinajstić information content (AvgIpc) is 2.19. The van der Waals surface area contributed by atoms with Crippen LogP contribution in [0.3, 0.4) is 0 Å². The predicted octanol–water partition coefficient (Wildman–Crippen LogP) is 0.832. The van der Waals surface area contributed by atoms with E-state index in [0.717, 1.165) is 13.0 Å². The summed E-state index contributed by atoms with van der Waals surface area (Å²) in [5, 5.41) is 3.09. The minimum atomic E-state index is -0.434. The first-order chi connectivity index (χ1) is 6.74. The van der Waals surface area contributed by atoms with Crippen LogP contribution in [0.2, 0.25) is 0 Å². The van der Waals surface area contributed by atoms with Crippen LogP contribution in [0, 0.1) is 0 Å². The number of hydrogen-bond donors (Lipinski definition) is 1. The minimum Gasteiger partial charge on any atom is -0.431 e. The minimum absolute atomic E-state index is 0.291. The van der Waals surface area contributed by atoms with E-state index in [0.29, 0.717) is 18.7 Å². The highest BCUT2D eigenvalue weighted by atomic mass is 16.7. The number of nitrogens with one attached hydrogen (secondary N) is 1. The van der Waals surface area contributed by atoms with Crippen molar-refractivity contribution >= 4 is 5.97 Å². The third-order valence-corrected chi connectivity index (χ3v) is 1.96. The van der Waals surface area contributed by atoms with Crippen LogP contribution in [-0.2, 0) is 14.3 Å². The molecule has 80 valence electrons. The molecule has 0 aliphatic carbocycles. The molecule has 0 radical (unpaired) electrons. The van der Waals surface area contributed by atoms with Crippen LogP contribution in [0.1, 0.15) is 20.3 Å². The van der Waals surface area contributed by atoms with Gasteiger partial charge in [0, 0.05) is 12.1 Å². The highest BCUT2D eigenvalue weighted by Crippen LogP contribution is 2.04. The number of esters is 1. The van der Waals surface area contributed by atoms with Gasteiger partial charge < -0.3 is 14.8 Å². The largest absolute Gasteiger partial charge is 0.431 e. The molecule has 1 atom stereocenters. The van der Waals surface area contributed by atoms with E-state index in [1.807, 2.05) is 13.0 Å². The number of ether oxygens (including phenoxy) is 2. The van der Waals surface area contributed by atoms with E-state index in [9.17, 15) is 4.79 Å². The maximum absolute atomic E-state index is 11.4. The van der Waals surface area contributed by atoms with Crippen LogP contribution in [-0.4, -0.2) is 32.0 Å². The van der Waals surface area contributed by atoms with Gasteiger partial charge in [0.1, 0.15) is 0 Å². The maximum atomic E-state index is 11.4. The molecule has 1 saturated heterocycles. The molecule has 4 nitrogen and oxygen atoms in total. The van der Waals surface area contributed by atoms with Gasteiger partial charge in [-0.05, 0) is 13.3 Å². The van der Waals surface area contributed by atoms with Crippen molar-refractivity contribution in [3.05, 3.63) is 11.6 Å².